The smallest absolute Gasteiger partial charge is 0.248 e. The average Bonchev–Trinajstić information content (AvgIpc) is 3.30. The van der Waals surface area contributed by atoms with E-state index in [9.17, 15) is 9.59 Å². The number of piperidine rings is 1. The van der Waals surface area contributed by atoms with E-state index in [-0.39, 0.29) is 24.3 Å². The molecule has 0 aliphatic carbocycles. The van der Waals surface area contributed by atoms with Crippen molar-refractivity contribution in [1.29, 1.82) is 0 Å². The Kier molecular flexibility index (Phi) is 6.36. The van der Waals surface area contributed by atoms with Gasteiger partial charge in [0.2, 0.25) is 11.8 Å². The lowest BCUT2D eigenvalue weighted by Gasteiger charge is -2.31. The second kappa shape index (κ2) is 8.73. The van der Waals surface area contributed by atoms with Crippen LogP contribution in [-0.2, 0) is 21.4 Å². The second-order valence-electron chi connectivity index (χ2n) is 7.38. The third-order valence-corrected chi connectivity index (χ3v) is 5.62. The van der Waals surface area contributed by atoms with Gasteiger partial charge in [0.05, 0.1) is 5.69 Å². The lowest BCUT2D eigenvalue weighted by atomic mass is 9.95. The van der Waals surface area contributed by atoms with Crippen molar-refractivity contribution in [3.63, 3.8) is 0 Å². The molecule has 2 amide bonds. The van der Waals surface area contributed by atoms with Gasteiger partial charge in [-0.2, -0.15) is 5.10 Å². The first-order valence-corrected chi connectivity index (χ1v) is 9.96. The van der Waals surface area contributed by atoms with Crippen LogP contribution in [0.3, 0.4) is 0 Å². The van der Waals surface area contributed by atoms with Crippen LogP contribution in [-0.4, -0.2) is 65.9 Å². The maximum Gasteiger partial charge on any atom is 0.248 e. The fraction of sp³-hybridized carbons (Fsp3) is 0.737. The summed E-state index contributed by atoms with van der Waals surface area (Å²) in [6, 6.07) is 0. The van der Waals surface area contributed by atoms with E-state index in [0.717, 1.165) is 43.1 Å². The van der Waals surface area contributed by atoms with Gasteiger partial charge in [-0.05, 0) is 39.5 Å². The number of aryl methyl sites for hydroxylation is 1. The van der Waals surface area contributed by atoms with Crippen LogP contribution in [0.2, 0.25) is 0 Å². The lowest BCUT2D eigenvalue weighted by Crippen LogP contribution is -2.43. The number of aromatic nitrogens is 2. The van der Waals surface area contributed by atoms with Crippen LogP contribution in [0.15, 0.2) is 0 Å². The highest BCUT2D eigenvalue weighted by atomic mass is 16.5. The fourth-order valence-electron chi connectivity index (χ4n) is 3.78. The molecule has 150 valence electrons. The van der Waals surface area contributed by atoms with Crippen molar-refractivity contribution in [1.82, 2.24) is 14.7 Å². The molecule has 3 rings (SSSR count). The van der Waals surface area contributed by atoms with Gasteiger partial charge in [0.25, 0.3) is 0 Å². The minimum absolute atomic E-state index is 0.00938. The number of hydrogen-bond acceptors (Lipinski definition) is 5. The molecule has 0 bridgehead atoms. The molecule has 0 aromatic carbocycles. The highest BCUT2D eigenvalue weighted by molar-refractivity contribution is 5.96. The van der Waals surface area contributed by atoms with E-state index in [1.807, 2.05) is 25.6 Å². The number of likely N-dealkylation sites (tertiary alicyclic amines) is 1. The van der Waals surface area contributed by atoms with E-state index >= 15 is 0 Å². The third-order valence-electron chi connectivity index (χ3n) is 5.62. The van der Waals surface area contributed by atoms with Crippen molar-refractivity contribution in [2.45, 2.75) is 39.5 Å². The SMILES string of the molecule is CCOCC(=O)N1CCC(C(=O)Nc2c(N3CCCC3)nn(C)c2C)CC1. The molecule has 0 spiro atoms. The molecule has 1 aromatic heterocycles. The zero-order valence-electron chi connectivity index (χ0n) is 16.7. The Morgan fingerprint density at radius 2 is 1.85 bits per heavy atom. The summed E-state index contributed by atoms with van der Waals surface area (Å²) in [6.07, 6.45) is 3.69. The monoisotopic (exact) mass is 377 g/mol. The molecule has 2 aliphatic heterocycles. The molecule has 2 aliphatic rings. The van der Waals surface area contributed by atoms with E-state index in [1.54, 1.807) is 4.90 Å². The zero-order valence-corrected chi connectivity index (χ0v) is 16.7. The molecule has 27 heavy (non-hydrogen) atoms. The number of carbonyl (C=O) groups excluding carboxylic acids is 2. The normalized spacial score (nSPS) is 18.2. The molecule has 2 saturated heterocycles. The van der Waals surface area contributed by atoms with Crippen LogP contribution in [0.25, 0.3) is 0 Å². The summed E-state index contributed by atoms with van der Waals surface area (Å²) in [7, 11) is 1.91. The number of nitrogens with one attached hydrogen (secondary N) is 1. The number of carbonyl (C=O) groups is 2. The van der Waals surface area contributed by atoms with Gasteiger partial charge in [0, 0.05) is 45.8 Å². The minimum atomic E-state index is -0.0767. The summed E-state index contributed by atoms with van der Waals surface area (Å²) < 4.78 is 7.03. The van der Waals surface area contributed by atoms with Crippen LogP contribution in [0.4, 0.5) is 11.5 Å². The number of hydrogen-bond donors (Lipinski definition) is 1. The number of rotatable bonds is 6. The molecule has 1 aromatic rings. The summed E-state index contributed by atoms with van der Waals surface area (Å²) >= 11 is 0. The maximum atomic E-state index is 12.8. The first-order valence-electron chi connectivity index (χ1n) is 9.96. The van der Waals surface area contributed by atoms with Crippen LogP contribution in [0, 0.1) is 12.8 Å². The second-order valence-corrected chi connectivity index (χ2v) is 7.38. The molecule has 0 radical (unpaired) electrons. The third kappa shape index (κ3) is 4.43. The highest BCUT2D eigenvalue weighted by Gasteiger charge is 2.29. The topological polar surface area (TPSA) is 79.7 Å². The molecule has 8 nitrogen and oxygen atoms in total. The summed E-state index contributed by atoms with van der Waals surface area (Å²) in [6.45, 7) is 7.71. The average molecular weight is 377 g/mol. The summed E-state index contributed by atoms with van der Waals surface area (Å²) in [4.78, 5) is 28.9. The van der Waals surface area contributed by atoms with Crippen molar-refractivity contribution < 1.29 is 14.3 Å². The Balaban J connectivity index is 1.59. The standard InChI is InChI=1S/C19H31N5O3/c1-4-27-13-16(25)23-11-7-15(8-12-23)19(26)20-17-14(2)22(3)21-18(17)24-9-5-6-10-24/h15H,4-13H2,1-3H3,(H,20,26). The van der Waals surface area contributed by atoms with E-state index in [0.29, 0.717) is 32.5 Å². The predicted octanol–water partition coefficient (Wildman–Crippen LogP) is 1.54. The van der Waals surface area contributed by atoms with E-state index in [1.165, 1.54) is 0 Å². The largest absolute Gasteiger partial charge is 0.372 e. The first-order chi connectivity index (χ1) is 13.0. The van der Waals surface area contributed by atoms with Crippen molar-refractivity contribution in [3.8, 4) is 0 Å². The fourth-order valence-corrected chi connectivity index (χ4v) is 3.78. The van der Waals surface area contributed by atoms with Crippen LogP contribution >= 0.6 is 0 Å². The Hall–Kier alpha value is -2.09. The summed E-state index contributed by atoms with van der Waals surface area (Å²) in [5.74, 6) is 0.843. The molecule has 3 heterocycles. The van der Waals surface area contributed by atoms with Crippen molar-refractivity contribution in [2.24, 2.45) is 13.0 Å². The van der Waals surface area contributed by atoms with Gasteiger partial charge in [-0.15, -0.1) is 0 Å². The molecule has 0 unspecified atom stereocenters. The number of nitrogens with zero attached hydrogens (tertiary/aromatic N) is 4. The maximum absolute atomic E-state index is 12.8. The molecular weight excluding hydrogens is 346 g/mol. The van der Waals surface area contributed by atoms with Crippen LogP contribution in [0.1, 0.15) is 38.3 Å². The summed E-state index contributed by atoms with van der Waals surface area (Å²) in [5, 5.41) is 7.75. The Bertz CT molecular complexity index is 673. The number of anilines is 2. The molecule has 1 N–H and O–H groups in total. The van der Waals surface area contributed by atoms with Gasteiger partial charge >= 0.3 is 0 Å². The molecule has 0 saturated carbocycles. The van der Waals surface area contributed by atoms with Gasteiger partial charge in [-0.3, -0.25) is 14.3 Å². The minimum Gasteiger partial charge on any atom is -0.372 e. The Morgan fingerprint density at radius 3 is 2.48 bits per heavy atom. The first kappa shape index (κ1) is 19.7. The lowest BCUT2D eigenvalue weighted by molar-refractivity contribution is -0.138. The Labute approximate surface area is 160 Å². The van der Waals surface area contributed by atoms with Gasteiger partial charge in [0.15, 0.2) is 5.82 Å². The van der Waals surface area contributed by atoms with Crippen LogP contribution < -0.4 is 10.2 Å². The highest BCUT2D eigenvalue weighted by Crippen LogP contribution is 2.31. The molecule has 0 atom stereocenters. The van der Waals surface area contributed by atoms with E-state index < -0.39 is 0 Å². The number of amides is 2. The quantitative estimate of drug-likeness (QED) is 0.814. The number of ether oxygens (including phenoxy) is 1. The zero-order chi connectivity index (χ0) is 19.4. The molecule has 2 fully saturated rings. The van der Waals surface area contributed by atoms with E-state index in [4.69, 9.17) is 4.74 Å². The van der Waals surface area contributed by atoms with Gasteiger partial charge in [-0.1, -0.05) is 0 Å². The van der Waals surface area contributed by atoms with E-state index in [2.05, 4.69) is 15.3 Å². The van der Waals surface area contributed by atoms with Crippen LogP contribution in [0.5, 0.6) is 0 Å². The van der Waals surface area contributed by atoms with Gasteiger partial charge in [-0.25, -0.2) is 0 Å². The van der Waals surface area contributed by atoms with Crippen molar-refractivity contribution in [3.05, 3.63) is 5.69 Å². The summed E-state index contributed by atoms with van der Waals surface area (Å²) in [5.41, 5.74) is 1.80. The molecule has 8 heteroatoms. The molecular formula is C19H31N5O3. The predicted molar refractivity (Wildman–Crippen MR) is 104 cm³/mol. The van der Waals surface area contributed by atoms with Crippen molar-refractivity contribution in [2.75, 3.05) is 49.6 Å². The Morgan fingerprint density at radius 1 is 1.19 bits per heavy atom. The van der Waals surface area contributed by atoms with Gasteiger partial charge in [0.1, 0.15) is 12.3 Å². The van der Waals surface area contributed by atoms with Gasteiger partial charge < -0.3 is 19.9 Å². The van der Waals surface area contributed by atoms with Crippen molar-refractivity contribution >= 4 is 23.3 Å².